The Hall–Kier alpha value is -1.75. The number of fused-ring (bicyclic) bond motifs is 1. The van der Waals surface area contributed by atoms with Crippen LogP contribution in [0.3, 0.4) is 0 Å². The van der Waals surface area contributed by atoms with E-state index in [1.165, 1.54) is 19.3 Å². The molecule has 108 valence electrons. The molecule has 0 atom stereocenters. The van der Waals surface area contributed by atoms with Gasteiger partial charge in [-0.1, -0.05) is 12.5 Å². The Labute approximate surface area is 118 Å². The number of hydrogen-bond donors (Lipinski definition) is 1. The summed E-state index contributed by atoms with van der Waals surface area (Å²) in [5.41, 5.74) is 0.698. The molecule has 1 aromatic rings. The summed E-state index contributed by atoms with van der Waals surface area (Å²) < 4.78 is 11.1. The normalized spacial score (nSPS) is 18.6. The van der Waals surface area contributed by atoms with Crippen LogP contribution in [-0.4, -0.2) is 43.7 Å². The Morgan fingerprint density at radius 1 is 1.15 bits per heavy atom. The zero-order valence-electron chi connectivity index (χ0n) is 11.6. The number of nitrogens with zero attached hydrogens (tertiary/aromatic N) is 1. The first-order valence-electron chi connectivity index (χ1n) is 7.24. The first-order chi connectivity index (χ1) is 9.83. The Kier molecular flexibility index (Phi) is 4.06. The average Bonchev–Trinajstić information content (AvgIpc) is 2.48. The smallest absolute Gasteiger partial charge is 0.238 e. The first kappa shape index (κ1) is 13.2. The van der Waals surface area contributed by atoms with Gasteiger partial charge in [-0.15, -0.1) is 0 Å². The molecule has 5 nitrogen and oxygen atoms in total. The molecule has 0 bridgehead atoms. The largest absolute Gasteiger partial charge is 0.486 e. The summed E-state index contributed by atoms with van der Waals surface area (Å²) in [5, 5.41) is 2.93. The lowest BCUT2D eigenvalue weighted by Crippen LogP contribution is -2.37. The van der Waals surface area contributed by atoms with Crippen molar-refractivity contribution in [1.29, 1.82) is 0 Å². The van der Waals surface area contributed by atoms with Gasteiger partial charge in [0.1, 0.15) is 13.2 Å². The van der Waals surface area contributed by atoms with Gasteiger partial charge in [0.05, 0.1) is 12.2 Å². The lowest BCUT2D eigenvalue weighted by Gasteiger charge is -2.26. The Morgan fingerprint density at radius 3 is 2.80 bits per heavy atom. The highest BCUT2D eigenvalue weighted by molar-refractivity contribution is 5.94. The predicted molar refractivity (Wildman–Crippen MR) is 76.4 cm³/mol. The van der Waals surface area contributed by atoms with Gasteiger partial charge in [-0.2, -0.15) is 0 Å². The van der Waals surface area contributed by atoms with Crippen molar-refractivity contribution in [3.05, 3.63) is 18.2 Å². The van der Waals surface area contributed by atoms with E-state index >= 15 is 0 Å². The molecule has 20 heavy (non-hydrogen) atoms. The SMILES string of the molecule is O=C(CN1CCCCC1)Nc1cccc2c1OCCO2. The zero-order chi connectivity index (χ0) is 13.8. The van der Waals surface area contributed by atoms with Crippen molar-refractivity contribution in [3.63, 3.8) is 0 Å². The van der Waals surface area contributed by atoms with E-state index < -0.39 is 0 Å². The molecule has 0 saturated carbocycles. The number of likely N-dealkylation sites (tertiary alicyclic amines) is 1. The third-order valence-electron chi connectivity index (χ3n) is 3.66. The van der Waals surface area contributed by atoms with Crippen LogP contribution in [0.4, 0.5) is 5.69 Å². The third-order valence-corrected chi connectivity index (χ3v) is 3.66. The molecule has 0 spiro atoms. The molecule has 2 aliphatic heterocycles. The van der Waals surface area contributed by atoms with Gasteiger partial charge in [-0.25, -0.2) is 0 Å². The molecule has 0 aromatic heterocycles. The van der Waals surface area contributed by atoms with Crippen molar-refractivity contribution >= 4 is 11.6 Å². The number of rotatable bonds is 3. The molecule has 1 aromatic carbocycles. The Morgan fingerprint density at radius 2 is 1.95 bits per heavy atom. The van der Waals surface area contributed by atoms with Gasteiger partial charge in [-0.05, 0) is 38.1 Å². The minimum Gasteiger partial charge on any atom is -0.486 e. The molecule has 0 aliphatic carbocycles. The second-order valence-corrected chi connectivity index (χ2v) is 5.21. The second-order valence-electron chi connectivity index (χ2n) is 5.21. The fourth-order valence-electron chi connectivity index (χ4n) is 2.68. The van der Waals surface area contributed by atoms with Crippen LogP contribution in [0.25, 0.3) is 0 Å². The van der Waals surface area contributed by atoms with E-state index in [-0.39, 0.29) is 5.91 Å². The number of carbonyl (C=O) groups is 1. The molecule has 2 aliphatic rings. The number of nitrogens with one attached hydrogen (secondary N) is 1. The number of amides is 1. The number of carbonyl (C=O) groups excluding carboxylic acids is 1. The molecule has 3 rings (SSSR count). The van der Waals surface area contributed by atoms with Gasteiger partial charge in [0.2, 0.25) is 5.91 Å². The summed E-state index contributed by atoms with van der Waals surface area (Å²) in [5.74, 6) is 1.35. The number of piperidine rings is 1. The third kappa shape index (κ3) is 3.04. The van der Waals surface area contributed by atoms with Gasteiger partial charge in [0.25, 0.3) is 0 Å². The maximum absolute atomic E-state index is 12.1. The van der Waals surface area contributed by atoms with Crippen molar-refractivity contribution in [3.8, 4) is 11.5 Å². The zero-order valence-corrected chi connectivity index (χ0v) is 11.6. The number of para-hydroxylation sites is 1. The predicted octanol–water partition coefficient (Wildman–Crippen LogP) is 1.88. The van der Waals surface area contributed by atoms with E-state index in [2.05, 4.69) is 10.2 Å². The van der Waals surface area contributed by atoms with E-state index in [1.54, 1.807) is 0 Å². The highest BCUT2D eigenvalue weighted by Gasteiger charge is 2.19. The van der Waals surface area contributed by atoms with Crippen LogP contribution in [0.1, 0.15) is 19.3 Å². The van der Waals surface area contributed by atoms with Gasteiger partial charge < -0.3 is 14.8 Å². The van der Waals surface area contributed by atoms with Crippen molar-refractivity contribution < 1.29 is 14.3 Å². The Bertz CT molecular complexity index is 484. The van der Waals surface area contributed by atoms with Crippen LogP contribution in [-0.2, 0) is 4.79 Å². The summed E-state index contributed by atoms with van der Waals surface area (Å²) in [6.07, 6.45) is 3.64. The highest BCUT2D eigenvalue weighted by atomic mass is 16.6. The Balaban J connectivity index is 1.63. The van der Waals surface area contributed by atoms with Gasteiger partial charge >= 0.3 is 0 Å². The number of anilines is 1. The molecule has 1 fully saturated rings. The maximum atomic E-state index is 12.1. The second kappa shape index (κ2) is 6.13. The van der Waals surface area contributed by atoms with E-state index in [4.69, 9.17) is 9.47 Å². The molecular formula is C15H20N2O3. The minimum atomic E-state index is 0.00877. The molecule has 0 unspecified atom stereocenters. The number of hydrogen-bond acceptors (Lipinski definition) is 4. The summed E-state index contributed by atoms with van der Waals surface area (Å²) in [7, 11) is 0. The molecule has 0 radical (unpaired) electrons. The summed E-state index contributed by atoms with van der Waals surface area (Å²) in [6.45, 7) is 3.55. The molecule has 1 saturated heterocycles. The van der Waals surface area contributed by atoms with Crippen molar-refractivity contribution in [2.75, 3.05) is 38.2 Å². The van der Waals surface area contributed by atoms with Crippen LogP contribution < -0.4 is 14.8 Å². The van der Waals surface area contributed by atoms with Gasteiger partial charge in [-0.3, -0.25) is 9.69 Å². The van der Waals surface area contributed by atoms with E-state index in [9.17, 15) is 4.79 Å². The molecule has 5 heteroatoms. The number of benzene rings is 1. The standard InChI is InChI=1S/C15H20N2O3/c18-14(11-17-7-2-1-3-8-17)16-12-5-4-6-13-15(12)20-10-9-19-13/h4-6H,1-3,7-11H2,(H,16,18). The lowest BCUT2D eigenvalue weighted by atomic mass is 10.1. The van der Waals surface area contributed by atoms with Gasteiger partial charge in [0, 0.05) is 0 Å². The highest BCUT2D eigenvalue weighted by Crippen LogP contribution is 2.37. The molecule has 1 amide bonds. The summed E-state index contributed by atoms with van der Waals surface area (Å²) in [6, 6.07) is 5.57. The average molecular weight is 276 g/mol. The minimum absolute atomic E-state index is 0.00877. The van der Waals surface area contributed by atoms with Crippen LogP contribution in [0, 0.1) is 0 Å². The summed E-state index contributed by atoms with van der Waals surface area (Å²) >= 11 is 0. The van der Waals surface area contributed by atoms with E-state index in [0.29, 0.717) is 36.9 Å². The van der Waals surface area contributed by atoms with E-state index in [1.807, 2.05) is 18.2 Å². The van der Waals surface area contributed by atoms with Gasteiger partial charge in [0.15, 0.2) is 11.5 Å². The fraction of sp³-hybridized carbons (Fsp3) is 0.533. The summed E-state index contributed by atoms with van der Waals surface area (Å²) in [4.78, 5) is 14.3. The van der Waals surface area contributed by atoms with Crippen LogP contribution >= 0.6 is 0 Å². The van der Waals surface area contributed by atoms with Crippen molar-refractivity contribution in [2.45, 2.75) is 19.3 Å². The molecule has 2 heterocycles. The molecular weight excluding hydrogens is 256 g/mol. The van der Waals surface area contributed by atoms with Crippen LogP contribution in [0.5, 0.6) is 11.5 Å². The number of ether oxygens (including phenoxy) is 2. The monoisotopic (exact) mass is 276 g/mol. The van der Waals surface area contributed by atoms with Crippen molar-refractivity contribution in [1.82, 2.24) is 4.90 Å². The fourth-order valence-corrected chi connectivity index (χ4v) is 2.68. The van der Waals surface area contributed by atoms with Crippen molar-refractivity contribution in [2.24, 2.45) is 0 Å². The topological polar surface area (TPSA) is 50.8 Å². The van der Waals surface area contributed by atoms with E-state index in [0.717, 1.165) is 13.1 Å². The van der Waals surface area contributed by atoms with Crippen LogP contribution in [0.15, 0.2) is 18.2 Å². The first-order valence-corrected chi connectivity index (χ1v) is 7.24. The molecule has 1 N–H and O–H groups in total. The maximum Gasteiger partial charge on any atom is 0.238 e. The lowest BCUT2D eigenvalue weighted by molar-refractivity contribution is -0.117. The quantitative estimate of drug-likeness (QED) is 0.916. The van der Waals surface area contributed by atoms with Crippen LogP contribution in [0.2, 0.25) is 0 Å².